The van der Waals surface area contributed by atoms with Gasteiger partial charge in [0, 0.05) is 19.0 Å². The van der Waals surface area contributed by atoms with Crippen LogP contribution in [-0.2, 0) is 11.2 Å². The Balaban J connectivity index is 2.05. The molecule has 1 aromatic rings. The van der Waals surface area contributed by atoms with Crippen molar-refractivity contribution in [3.05, 3.63) is 29.0 Å². The predicted octanol–water partition coefficient (Wildman–Crippen LogP) is 1.92. The highest BCUT2D eigenvalue weighted by atomic mass is 35.5. The zero-order valence-electron chi connectivity index (χ0n) is 10.6. The van der Waals surface area contributed by atoms with E-state index in [9.17, 15) is 0 Å². The number of aromatic nitrogens is 1. The van der Waals surface area contributed by atoms with Crippen molar-refractivity contribution in [2.45, 2.75) is 38.3 Å². The maximum Gasteiger partial charge on any atom is 0.0772 e. The van der Waals surface area contributed by atoms with Gasteiger partial charge in [0.2, 0.25) is 0 Å². The second kappa shape index (κ2) is 6.48. The zero-order valence-corrected chi connectivity index (χ0v) is 11.4. The molecular weight excluding hydrogens is 250 g/mol. The molecule has 1 heterocycles. The fraction of sp³-hybridized carbons (Fsp3) is 0.615. The van der Waals surface area contributed by atoms with Crippen molar-refractivity contribution in [3.63, 3.8) is 0 Å². The molecule has 0 spiro atoms. The molecule has 0 aliphatic heterocycles. The van der Waals surface area contributed by atoms with Gasteiger partial charge in [0.05, 0.1) is 17.2 Å². The number of halogens is 1. The largest absolute Gasteiger partial charge is 0.377 e. The fourth-order valence-corrected chi connectivity index (χ4v) is 2.47. The van der Waals surface area contributed by atoms with Crippen molar-refractivity contribution in [2.24, 2.45) is 11.8 Å². The second-order valence-electron chi connectivity index (χ2n) is 4.70. The first kappa shape index (κ1) is 13.7. The van der Waals surface area contributed by atoms with Crippen LogP contribution in [-0.4, -0.2) is 23.7 Å². The summed E-state index contributed by atoms with van der Waals surface area (Å²) in [4.78, 5) is 3.99. The fourth-order valence-electron chi connectivity index (χ4n) is 2.27. The topological polar surface area (TPSA) is 60.2 Å². The smallest absolute Gasteiger partial charge is 0.0772 e. The zero-order chi connectivity index (χ0) is 13.0. The number of nitrogens with two attached hydrogens (primary N) is 1. The lowest BCUT2D eigenvalue weighted by molar-refractivity contribution is 0.0192. The van der Waals surface area contributed by atoms with Gasteiger partial charge in [-0.25, -0.2) is 0 Å². The average Bonchev–Trinajstić information content (AvgIpc) is 3.20. The van der Waals surface area contributed by atoms with Gasteiger partial charge in [0.25, 0.3) is 0 Å². The molecule has 5 heteroatoms. The van der Waals surface area contributed by atoms with Crippen molar-refractivity contribution >= 4 is 11.6 Å². The van der Waals surface area contributed by atoms with Crippen LogP contribution in [0.4, 0.5) is 0 Å². The molecule has 0 saturated heterocycles. The molecule has 1 aromatic heterocycles. The first-order valence-corrected chi connectivity index (χ1v) is 6.80. The Morgan fingerprint density at radius 1 is 1.61 bits per heavy atom. The Kier molecular flexibility index (Phi) is 4.95. The third-order valence-corrected chi connectivity index (χ3v) is 3.69. The number of hydrogen-bond donors (Lipinski definition) is 2. The number of pyridine rings is 1. The molecule has 0 radical (unpaired) electrons. The van der Waals surface area contributed by atoms with Gasteiger partial charge in [0.15, 0.2) is 0 Å². The summed E-state index contributed by atoms with van der Waals surface area (Å²) in [5.41, 5.74) is 3.94. The molecule has 1 aliphatic rings. The third-order valence-electron chi connectivity index (χ3n) is 3.35. The summed E-state index contributed by atoms with van der Waals surface area (Å²) in [6.07, 6.45) is 6.81. The van der Waals surface area contributed by atoms with E-state index in [1.54, 1.807) is 12.4 Å². The average molecular weight is 270 g/mol. The molecular formula is C13H20ClN3O. The van der Waals surface area contributed by atoms with Gasteiger partial charge in [0.1, 0.15) is 0 Å². The minimum Gasteiger partial charge on any atom is -0.377 e. The summed E-state index contributed by atoms with van der Waals surface area (Å²) in [5, 5.41) is 0.684. The third kappa shape index (κ3) is 3.42. The number of nitrogens with zero attached hydrogens (tertiary/aromatic N) is 1. The summed E-state index contributed by atoms with van der Waals surface area (Å²) >= 11 is 6.13. The highest BCUT2D eigenvalue weighted by Gasteiger charge is 2.37. The lowest BCUT2D eigenvalue weighted by Crippen LogP contribution is -2.47. The number of rotatable bonds is 7. The van der Waals surface area contributed by atoms with Crippen LogP contribution in [0.2, 0.25) is 5.02 Å². The van der Waals surface area contributed by atoms with Crippen molar-refractivity contribution < 1.29 is 4.74 Å². The van der Waals surface area contributed by atoms with Crippen LogP contribution in [0.25, 0.3) is 0 Å². The van der Waals surface area contributed by atoms with Crippen molar-refractivity contribution in [3.8, 4) is 0 Å². The Hall–Kier alpha value is -0.680. The van der Waals surface area contributed by atoms with Crippen LogP contribution in [0.1, 0.15) is 25.3 Å². The molecule has 2 unspecified atom stereocenters. The Morgan fingerprint density at radius 2 is 2.39 bits per heavy atom. The van der Waals surface area contributed by atoms with Gasteiger partial charge in [-0.15, -0.1) is 0 Å². The molecule has 2 atom stereocenters. The number of hydrogen-bond acceptors (Lipinski definition) is 4. The van der Waals surface area contributed by atoms with Crippen LogP contribution >= 0.6 is 11.6 Å². The maximum atomic E-state index is 6.13. The van der Waals surface area contributed by atoms with Crippen molar-refractivity contribution in [1.82, 2.24) is 10.4 Å². The SMILES string of the molecule is CCOC(C1CC1)C(Cc1ccncc1Cl)NN. The first-order chi connectivity index (χ1) is 8.76. The van der Waals surface area contributed by atoms with Gasteiger partial charge in [-0.05, 0) is 43.7 Å². The van der Waals surface area contributed by atoms with Gasteiger partial charge in [-0.1, -0.05) is 11.6 Å². The van der Waals surface area contributed by atoms with E-state index < -0.39 is 0 Å². The van der Waals surface area contributed by atoms with E-state index in [1.807, 2.05) is 13.0 Å². The maximum absolute atomic E-state index is 6.13. The second-order valence-corrected chi connectivity index (χ2v) is 5.11. The Morgan fingerprint density at radius 3 is 2.94 bits per heavy atom. The summed E-state index contributed by atoms with van der Waals surface area (Å²) in [6.45, 7) is 2.73. The van der Waals surface area contributed by atoms with Crippen LogP contribution in [0, 0.1) is 5.92 Å². The van der Waals surface area contributed by atoms with Crippen molar-refractivity contribution in [2.75, 3.05) is 6.61 Å². The van der Waals surface area contributed by atoms with Gasteiger partial charge >= 0.3 is 0 Å². The van der Waals surface area contributed by atoms with E-state index in [-0.39, 0.29) is 12.1 Å². The Bertz CT molecular complexity index is 384. The van der Waals surface area contributed by atoms with E-state index in [0.717, 1.165) is 12.0 Å². The van der Waals surface area contributed by atoms with E-state index >= 15 is 0 Å². The van der Waals surface area contributed by atoms with E-state index in [2.05, 4.69) is 10.4 Å². The standard InChI is InChI=1S/C13H20ClN3O/c1-2-18-13(9-3-4-9)12(17-15)7-10-5-6-16-8-11(10)14/h5-6,8-9,12-13,17H,2-4,7,15H2,1H3. The van der Waals surface area contributed by atoms with Crippen LogP contribution in [0.15, 0.2) is 18.5 Å². The molecule has 1 fully saturated rings. The molecule has 100 valence electrons. The molecule has 1 saturated carbocycles. The minimum atomic E-state index is 0.0948. The van der Waals surface area contributed by atoms with E-state index in [1.165, 1.54) is 12.8 Å². The lowest BCUT2D eigenvalue weighted by atomic mass is 9.99. The Labute approximate surface area is 113 Å². The summed E-state index contributed by atoms with van der Waals surface area (Å²) in [5.74, 6) is 6.31. The number of ether oxygens (including phenoxy) is 1. The highest BCUT2D eigenvalue weighted by molar-refractivity contribution is 6.31. The van der Waals surface area contributed by atoms with Crippen molar-refractivity contribution in [1.29, 1.82) is 0 Å². The molecule has 3 N–H and O–H groups in total. The lowest BCUT2D eigenvalue weighted by Gasteiger charge is -2.26. The molecule has 0 amide bonds. The summed E-state index contributed by atoms with van der Waals surface area (Å²) in [6, 6.07) is 2.03. The van der Waals surface area contributed by atoms with Crippen LogP contribution < -0.4 is 11.3 Å². The molecule has 4 nitrogen and oxygen atoms in total. The molecule has 2 rings (SSSR count). The molecule has 0 bridgehead atoms. The van der Waals surface area contributed by atoms with Gasteiger partial charge < -0.3 is 4.74 Å². The minimum absolute atomic E-state index is 0.0948. The summed E-state index contributed by atoms with van der Waals surface area (Å²) in [7, 11) is 0. The molecule has 18 heavy (non-hydrogen) atoms. The quantitative estimate of drug-likeness (QED) is 0.587. The van der Waals surface area contributed by atoms with Gasteiger partial charge in [-0.3, -0.25) is 16.3 Å². The van der Waals surface area contributed by atoms with E-state index in [0.29, 0.717) is 17.5 Å². The molecule has 0 aromatic carbocycles. The van der Waals surface area contributed by atoms with Crippen LogP contribution in [0.5, 0.6) is 0 Å². The van der Waals surface area contributed by atoms with Gasteiger partial charge in [-0.2, -0.15) is 0 Å². The van der Waals surface area contributed by atoms with Crippen LogP contribution in [0.3, 0.4) is 0 Å². The normalized spacial score (nSPS) is 18.6. The summed E-state index contributed by atoms with van der Waals surface area (Å²) < 4.78 is 5.83. The van der Waals surface area contributed by atoms with E-state index in [4.69, 9.17) is 22.2 Å². The number of nitrogens with one attached hydrogen (secondary N) is 1. The first-order valence-electron chi connectivity index (χ1n) is 6.42. The monoisotopic (exact) mass is 269 g/mol. The predicted molar refractivity (Wildman–Crippen MR) is 72.2 cm³/mol. The number of hydrazine groups is 1. The molecule has 1 aliphatic carbocycles. The highest BCUT2D eigenvalue weighted by Crippen LogP contribution is 2.36.